The van der Waals surface area contributed by atoms with Crippen LogP contribution in [0, 0.1) is 0 Å². The minimum absolute atomic E-state index is 0.249. The molecule has 8 heteroatoms. The van der Waals surface area contributed by atoms with Gasteiger partial charge in [-0.2, -0.15) is 0 Å². The zero-order chi connectivity index (χ0) is 23.8. The molecule has 1 aliphatic heterocycles. The summed E-state index contributed by atoms with van der Waals surface area (Å²) >= 11 is 0. The molecule has 1 fully saturated rings. The van der Waals surface area contributed by atoms with Crippen LogP contribution < -0.4 is 15.2 Å². The molecule has 2 aromatic rings. The standard InChI is InChI=1S/C25H32N2O6/c1-25(2,15-32-4)27-13-17-10-23(33-9-5-8-31-3)19(16-6-7-16)11-18(17)21-12-22(28)20(24(29)30)14-26(21)27/h10-12,14,16H,5-9,13,15H2,1-4H3,(H,29,30). The summed E-state index contributed by atoms with van der Waals surface area (Å²) in [5.74, 6) is 0.105. The second-order valence-corrected chi connectivity index (χ2v) is 9.41. The maximum Gasteiger partial charge on any atom is 0.341 e. The van der Waals surface area contributed by atoms with Crippen molar-refractivity contribution in [2.75, 3.05) is 39.0 Å². The number of hydrogen-bond donors (Lipinski definition) is 1. The Morgan fingerprint density at radius 2 is 1.91 bits per heavy atom. The van der Waals surface area contributed by atoms with E-state index in [2.05, 4.69) is 12.1 Å². The maximum absolute atomic E-state index is 12.7. The summed E-state index contributed by atoms with van der Waals surface area (Å²) < 4.78 is 18.6. The van der Waals surface area contributed by atoms with Gasteiger partial charge >= 0.3 is 5.97 Å². The zero-order valence-corrected chi connectivity index (χ0v) is 19.7. The van der Waals surface area contributed by atoms with Gasteiger partial charge in [0.05, 0.1) is 31.0 Å². The summed E-state index contributed by atoms with van der Waals surface area (Å²) in [6.45, 7) is 6.24. The molecule has 1 aromatic heterocycles. The fourth-order valence-corrected chi connectivity index (χ4v) is 4.49. The molecule has 1 aromatic carbocycles. The second kappa shape index (κ2) is 9.19. The van der Waals surface area contributed by atoms with E-state index in [9.17, 15) is 14.7 Å². The molecule has 8 nitrogen and oxygen atoms in total. The molecule has 0 spiro atoms. The predicted molar refractivity (Wildman–Crippen MR) is 125 cm³/mol. The Hall–Kier alpha value is -2.84. The molecule has 0 unspecified atom stereocenters. The number of carbonyl (C=O) groups is 1. The highest BCUT2D eigenvalue weighted by Gasteiger charge is 2.35. The number of rotatable bonds is 10. The number of pyridine rings is 1. The third-order valence-electron chi connectivity index (χ3n) is 6.32. The topological polar surface area (TPSA) is 90.2 Å². The van der Waals surface area contributed by atoms with E-state index in [1.807, 2.05) is 23.5 Å². The molecular formula is C25H32N2O6. The number of hydrogen-bond acceptors (Lipinski definition) is 6. The van der Waals surface area contributed by atoms with E-state index in [-0.39, 0.29) is 5.56 Å². The second-order valence-electron chi connectivity index (χ2n) is 9.41. The first-order valence-electron chi connectivity index (χ1n) is 11.3. The molecule has 0 atom stereocenters. The number of ether oxygens (including phenoxy) is 3. The lowest BCUT2D eigenvalue weighted by Crippen LogP contribution is -2.55. The Bertz CT molecular complexity index is 1100. The van der Waals surface area contributed by atoms with Crippen LogP contribution in [0.5, 0.6) is 5.75 Å². The van der Waals surface area contributed by atoms with E-state index in [0.717, 1.165) is 41.7 Å². The Kier molecular flexibility index (Phi) is 6.50. The fraction of sp³-hybridized carbons (Fsp3) is 0.520. The van der Waals surface area contributed by atoms with E-state index in [4.69, 9.17) is 14.2 Å². The van der Waals surface area contributed by atoms with Crippen LogP contribution in [0.15, 0.2) is 29.2 Å². The van der Waals surface area contributed by atoms with Crippen LogP contribution in [0.4, 0.5) is 0 Å². The number of fused-ring (bicyclic) bond motifs is 3. The van der Waals surface area contributed by atoms with Crippen LogP contribution >= 0.6 is 0 Å². The van der Waals surface area contributed by atoms with Gasteiger partial charge in [-0.05, 0) is 55.9 Å². The van der Waals surface area contributed by atoms with Crippen molar-refractivity contribution < 1.29 is 24.1 Å². The molecule has 4 rings (SSSR count). The van der Waals surface area contributed by atoms with Gasteiger partial charge in [-0.25, -0.2) is 4.79 Å². The van der Waals surface area contributed by atoms with Crippen LogP contribution in [0.25, 0.3) is 11.3 Å². The van der Waals surface area contributed by atoms with E-state index < -0.39 is 16.9 Å². The molecule has 2 heterocycles. The Labute approximate surface area is 193 Å². The molecule has 2 aliphatic rings. The fourth-order valence-electron chi connectivity index (χ4n) is 4.49. The van der Waals surface area contributed by atoms with Crippen molar-refractivity contribution in [2.24, 2.45) is 0 Å². The summed E-state index contributed by atoms with van der Waals surface area (Å²) in [6, 6.07) is 5.66. The highest BCUT2D eigenvalue weighted by Crippen LogP contribution is 2.47. The van der Waals surface area contributed by atoms with Crippen LogP contribution in [0.1, 0.15) is 60.5 Å². The molecule has 1 saturated carbocycles. The minimum Gasteiger partial charge on any atom is -0.493 e. The largest absolute Gasteiger partial charge is 0.493 e. The molecule has 0 radical (unpaired) electrons. The van der Waals surface area contributed by atoms with Gasteiger partial charge in [-0.3, -0.25) is 9.47 Å². The van der Waals surface area contributed by atoms with E-state index >= 15 is 0 Å². The summed E-state index contributed by atoms with van der Waals surface area (Å²) in [6.07, 6.45) is 4.48. The van der Waals surface area contributed by atoms with Gasteiger partial charge in [0.25, 0.3) is 0 Å². The van der Waals surface area contributed by atoms with Crippen LogP contribution in [-0.2, 0) is 16.0 Å². The zero-order valence-electron chi connectivity index (χ0n) is 19.7. The molecule has 0 saturated heterocycles. The normalized spacial score (nSPS) is 15.2. The smallest absolute Gasteiger partial charge is 0.341 e. The Balaban J connectivity index is 1.84. The average molecular weight is 457 g/mol. The van der Waals surface area contributed by atoms with Crippen molar-refractivity contribution in [1.82, 2.24) is 4.68 Å². The number of carboxylic acid groups (broad SMARTS) is 1. The first kappa shape index (κ1) is 23.3. The molecule has 0 bridgehead atoms. The van der Waals surface area contributed by atoms with Crippen LogP contribution in [0.2, 0.25) is 0 Å². The molecule has 178 valence electrons. The lowest BCUT2D eigenvalue weighted by molar-refractivity contribution is 0.0694. The van der Waals surface area contributed by atoms with Crippen molar-refractivity contribution in [3.8, 4) is 17.0 Å². The average Bonchev–Trinajstić information content (AvgIpc) is 3.60. The lowest BCUT2D eigenvalue weighted by Gasteiger charge is -2.45. The van der Waals surface area contributed by atoms with Gasteiger partial charge in [-0.1, -0.05) is 0 Å². The summed E-state index contributed by atoms with van der Waals surface area (Å²) in [5.41, 5.74) is 2.61. The number of aromatic carboxylic acids is 1. The molecule has 1 aliphatic carbocycles. The van der Waals surface area contributed by atoms with Gasteiger partial charge in [-0.15, -0.1) is 0 Å². The summed E-state index contributed by atoms with van der Waals surface area (Å²) in [4.78, 5) is 24.3. The van der Waals surface area contributed by atoms with Gasteiger partial charge in [0.15, 0.2) is 5.43 Å². The molecular weight excluding hydrogens is 424 g/mol. The maximum atomic E-state index is 12.7. The Morgan fingerprint density at radius 1 is 1.15 bits per heavy atom. The number of benzene rings is 1. The van der Waals surface area contributed by atoms with E-state index in [1.54, 1.807) is 14.2 Å². The third kappa shape index (κ3) is 4.63. The number of nitrogens with zero attached hydrogens (tertiary/aromatic N) is 2. The lowest BCUT2D eigenvalue weighted by atomic mass is 9.93. The molecule has 33 heavy (non-hydrogen) atoms. The van der Waals surface area contributed by atoms with Gasteiger partial charge in [0.1, 0.15) is 11.3 Å². The van der Waals surface area contributed by atoms with Crippen LogP contribution in [0.3, 0.4) is 0 Å². The minimum atomic E-state index is -1.23. The highest BCUT2D eigenvalue weighted by molar-refractivity contribution is 5.88. The van der Waals surface area contributed by atoms with Crippen molar-refractivity contribution in [3.63, 3.8) is 0 Å². The van der Waals surface area contributed by atoms with Crippen molar-refractivity contribution >= 4 is 5.97 Å². The van der Waals surface area contributed by atoms with Crippen molar-refractivity contribution in [2.45, 2.75) is 51.1 Å². The summed E-state index contributed by atoms with van der Waals surface area (Å²) in [5, 5.41) is 11.6. The van der Waals surface area contributed by atoms with Gasteiger partial charge in [0.2, 0.25) is 0 Å². The quantitative estimate of drug-likeness (QED) is 0.548. The first-order valence-corrected chi connectivity index (χ1v) is 11.3. The van der Waals surface area contributed by atoms with Crippen molar-refractivity contribution in [3.05, 3.63) is 51.3 Å². The summed E-state index contributed by atoms with van der Waals surface area (Å²) in [7, 11) is 3.32. The van der Waals surface area contributed by atoms with Crippen LogP contribution in [-0.4, -0.2) is 55.3 Å². The van der Waals surface area contributed by atoms with E-state index in [1.165, 1.54) is 12.3 Å². The van der Waals surface area contributed by atoms with Gasteiger partial charge < -0.3 is 24.3 Å². The monoisotopic (exact) mass is 456 g/mol. The SMILES string of the molecule is COCCCOc1cc2c(cc1C1CC1)-c1cc(=O)c(C(=O)O)cn1N(C(C)(C)COC)C2. The van der Waals surface area contributed by atoms with Crippen molar-refractivity contribution in [1.29, 1.82) is 0 Å². The van der Waals surface area contributed by atoms with Gasteiger partial charge in [0, 0.05) is 45.1 Å². The van der Waals surface area contributed by atoms with E-state index in [0.29, 0.717) is 38.0 Å². The number of aromatic nitrogens is 1. The Morgan fingerprint density at radius 3 is 2.55 bits per heavy atom. The molecule has 0 amide bonds. The number of methoxy groups -OCH3 is 2. The third-order valence-corrected chi connectivity index (χ3v) is 6.32. The predicted octanol–water partition coefficient (Wildman–Crippen LogP) is 3.38. The molecule has 1 N–H and O–H groups in total. The first-order chi connectivity index (χ1) is 15.8. The number of carboxylic acids is 1. The highest BCUT2D eigenvalue weighted by atomic mass is 16.5.